The predicted molar refractivity (Wildman–Crippen MR) is 92.2 cm³/mol. The lowest BCUT2D eigenvalue weighted by Crippen LogP contribution is -2.44. The standard InChI is InChI=1S/C15H24N2O5S2/c1-11(2)17(12(3)4)13(18)10-22-14(19)7-8-16-24(20,21)15-6-5-9-23-15/h5-6,9,11-12,16H,7-8,10H2,1-4H3. The van der Waals surface area contributed by atoms with Crippen LogP contribution in [0.2, 0.25) is 0 Å². The molecular formula is C15H24N2O5S2. The second-order valence-electron chi connectivity index (χ2n) is 5.73. The van der Waals surface area contributed by atoms with Crippen LogP contribution in [0.1, 0.15) is 34.1 Å². The van der Waals surface area contributed by atoms with Crippen LogP contribution in [0, 0.1) is 0 Å². The largest absolute Gasteiger partial charge is 0.456 e. The third-order valence-electron chi connectivity index (χ3n) is 3.14. The van der Waals surface area contributed by atoms with E-state index in [9.17, 15) is 18.0 Å². The van der Waals surface area contributed by atoms with Crippen LogP contribution in [-0.4, -0.2) is 50.4 Å². The van der Waals surface area contributed by atoms with Crippen molar-refractivity contribution in [2.45, 2.75) is 50.4 Å². The molecule has 24 heavy (non-hydrogen) atoms. The maximum Gasteiger partial charge on any atom is 0.307 e. The SMILES string of the molecule is CC(C)N(C(=O)COC(=O)CCNS(=O)(=O)c1cccs1)C(C)C. The molecule has 0 atom stereocenters. The molecule has 0 aliphatic rings. The Labute approximate surface area is 147 Å². The van der Waals surface area contributed by atoms with Crippen LogP contribution in [0.15, 0.2) is 21.7 Å². The van der Waals surface area contributed by atoms with Crippen molar-refractivity contribution in [3.8, 4) is 0 Å². The number of ether oxygens (including phenoxy) is 1. The fraction of sp³-hybridized carbons (Fsp3) is 0.600. The van der Waals surface area contributed by atoms with Crippen molar-refractivity contribution in [3.05, 3.63) is 17.5 Å². The summed E-state index contributed by atoms with van der Waals surface area (Å²) in [4.78, 5) is 25.3. The van der Waals surface area contributed by atoms with Gasteiger partial charge in [-0.3, -0.25) is 9.59 Å². The summed E-state index contributed by atoms with van der Waals surface area (Å²) in [5, 5.41) is 1.66. The van der Waals surface area contributed by atoms with E-state index in [-0.39, 0.29) is 41.8 Å². The van der Waals surface area contributed by atoms with Gasteiger partial charge in [-0.2, -0.15) is 0 Å². The van der Waals surface area contributed by atoms with Crippen LogP contribution < -0.4 is 4.72 Å². The molecule has 1 amide bonds. The lowest BCUT2D eigenvalue weighted by atomic mass is 10.2. The van der Waals surface area contributed by atoms with Gasteiger partial charge in [-0.05, 0) is 39.1 Å². The number of nitrogens with one attached hydrogen (secondary N) is 1. The molecule has 1 heterocycles. The summed E-state index contributed by atoms with van der Waals surface area (Å²) in [6.45, 7) is 7.13. The molecule has 0 bridgehead atoms. The minimum absolute atomic E-state index is 0.00816. The monoisotopic (exact) mass is 376 g/mol. The molecule has 1 aromatic heterocycles. The zero-order valence-corrected chi connectivity index (χ0v) is 15.9. The van der Waals surface area contributed by atoms with E-state index in [1.54, 1.807) is 16.3 Å². The Morgan fingerprint density at radius 1 is 1.25 bits per heavy atom. The Morgan fingerprint density at radius 3 is 2.38 bits per heavy atom. The molecule has 0 spiro atoms. The Morgan fingerprint density at radius 2 is 1.88 bits per heavy atom. The lowest BCUT2D eigenvalue weighted by Gasteiger charge is -2.30. The minimum Gasteiger partial charge on any atom is -0.456 e. The zero-order chi connectivity index (χ0) is 18.3. The summed E-state index contributed by atoms with van der Waals surface area (Å²) in [6.07, 6.45) is -0.138. The zero-order valence-electron chi connectivity index (χ0n) is 14.3. The molecule has 1 N–H and O–H groups in total. The van der Waals surface area contributed by atoms with Crippen LogP contribution in [0.3, 0.4) is 0 Å². The van der Waals surface area contributed by atoms with Gasteiger partial charge in [0.25, 0.3) is 5.91 Å². The lowest BCUT2D eigenvalue weighted by molar-refractivity contribution is -0.153. The first-order valence-corrected chi connectivity index (χ1v) is 10.0. The van der Waals surface area contributed by atoms with Crippen LogP contribution in [0.4, 0.5) is 0 Å². The maximum atomic E-state index is 12.1. The van der Waals surface area contributed by atoms with E-state index < -0.39 is 16.0 Å². The molecule has 9 heteroatoms. The van der Waals surface area contributed by atoms with Gasteiger partial charge >= 0.3 is 5.97 Å². The van der Waals surface area contributed by atoms with Gasteiger partial charge in [0.05, 0.1) is 6.42 Å². The molecule has 1 aromatic rings. The highest BCUT2D eigenvalue weighted by atomic mass is 32.2. The Hall–Kier alpha value is -1.45. The molecule has 136 valence electrons. The van der Waals surface area contributed by atoms with Gasteiger partial charge in [0.15, 0.2) is 6.61 Å². The number of amides is 1. The molecule has 0 saturated heterocycles. The number of nitrogens with zero attached hydrogens (tertiary/aromatic N) is 1. The Bertz CT molecular complexity index is 631. The summed E-state index contributed by atoms with van der Waals surface area (Å²) in [5.74, 6) is -0.891. The highest BCUT2D eigenvalue weighted by Gasteiger charge is 2.21. The third-order valence-corrected chi connectivity index (χ3v) is 6.00. The summed E-state index contributed by atoms with van der Waals surface area (Å²) in [5.41, 5.74) is 0. The second kappa shape index (κ2) is 9.14. The number of thiophene rings is 1. The molecular weight excluding hydrogens is 352 g/mol. The molecule has 1 rings (SSSR count). The molecule has 0 aromatic carbocycles. The van der Waals surface area contributed by atoms with Gasteiger partial charge in [-0.1, -0.05) is 6.07 Å². The minimum atomic E-state index is -3.59. The first kappa shape index (κ1) is 20.6. The summed E-state index contributed by atoms with van der Waals surface area (Å²) >= 11 is 1.09. The maximum absolute atomic E-state index is 12.1. The van der Waals surface area contributed by atoms with Crippen molar-refractivity contribution in [1.29, 1.82) is 0 Å². The van der Waals surface area contributed by atoms with E-state index in [1.165, 1.54) is 6.07 Å². The van der Waals surface area contributed by atoms with E-state index in [0.717, 1.165) is 11.3 Å². The Kier molecular flexibility index (Phi) is 7.85. The highest BCUT2D eigenvalue weighted by Crippen LogP contribution is 2.15. The molecule has 0 radical (unpaired) electrons. The van der Waals surface area contributed by atoms with E-state index in [2.05, 4.69) is 4.72 Å². The molecule has 0 saturated carbocycles. The number of hydrogen-bond acceptors (Lipinski definition) is 6. The number of esters is 1. The molecule has 0 aliphatic heterocycles. The number of carbonyl (C=O) groups is 2. The van der Waals surface area contributed by atoms with Gasteiger partial charge in [0.2, 0.25) is 10.0 Å². The fourth-order valence-corrected chi connectivity index (χ4v) is 4.31. The van der Waals surface area contributed by atoms with E-state index >= 15 is 0 Å². The predicted octanol–water partition coefficient (Wildman–Crippen LogP) is 1.61. The van der Waals surface area contributed by atoms with Crippen molar-refractivity contribution in [3.63, 3.8) is 0 Å². The number of sulfonamides is 1. The van der Waals surface area contributed by atoms with Crippen LogP contribution >= 0.6 is 11.3 Å². The van der Waals surface area contributed by atoms with Crippen molar-refractivity contribution in [2.24, 2.45) is 0 Å². The van der Waals surface area contributed by atoms with E-state index in [0.29, 0.717) is 0 Å². The van der Waals surface area contributed by atoms with Crippen molar-refractivity contribution in [1.82, 2.24) is 9.62 Å². The first-order valence-electron chi connectivity index (χ1n) is 7.65. The molecule has 0 aliphatic carbocycles. The molecule has 0 fully saturated rings. The average molecular weight is 377 g/mol. The quantitative estimate of drug-likeness (QED) is 0.661. The Balaban J connectivity index is 2.38. The average Bonchev–Trinajstić information content (AvgIpc) is 2.99. The highest BCUT2D eigenvalue weighted by molar-refractivity contribution is 7.91. The van der Waals surface area contributed by atoms with Crippen molar-refractivity contribution >= 4 is 33.2 Å². The number of hydrogen-bond donors (Lipinski definition) is 1. The number of carbonyl (C=O) groups excluding carboxylic acids is 2. The van der Waals surface area contributed by atoms with Gasteiger partial charge < -0.3 is 9.64 Å². The van der Waals surface area contributed by atoms with E-state index in [4.69, 9.17) is 4.74 Å². The van der Waals surface area contributed by atoms with E-state index in [1.807, 2.05) is 27.7 Å². The van der Waals surface area contributed by atoms with Crippen LogP contribution in [0.5, 0.6) is 0 Å². The second-order valence-corrected chi connectivity index (χ2v) is 8.67. The van der Waals surface area contributed by atoms with Crippen LogP contribution in [-0.2, 0) is 24.3 Å². The summed E-state index contributed by atoms with van der Waals surface area (Å²) in [6, 6.07) is 3.13. The fourth-order valence-electron chi connectivity index (χ4n) is 2.24. The summed E-state index contributed by atoms with van der Waals surface area (Å²) in [7, 11) is -3.59. The molecule has 0 unspecified atom stereocenters. The van der Waals surface area contributed by atoms with Crippen molar-refractivity contribution in [2.75, 3.05) is 13.2 Å². The van der Waals surface area contributed by atoms with Crippen LogP contribution in [0.25, 0.3) is 0 Å². The van der Waals surface area contributed by atoms with Gasteiger partial charge in [-0.25, -0.2) is 13.1 Å². The topological polar surface area (TPSA) is 92.8 Å². The number of rotatable bonds is 9. The van der Waals surface area contributed by atoms with Crippen molar-refractivity contribution < 1.29 is 22.7 Å². The van der Waals surface area contributed by atoms with Gasteiger partial charge in [0, 0.05) is 18.6 Å². The summed E-state index contributed by atoms with van der Waals surface area (Å²) < 4.78 is 31.2. The smallest absolute Gasteiger partial charge is 0.307 e. The van der Waals surface area contributed by atoms with Gasteiger partial charge in [0.1, 0.15) is 4.21 Å². The van der Waals surface area contributed by atoms with Gasteiger partial charge in [-0.15, -0.1) is 11.3 Å². The first-order chi connectivity index (χ1) is 11.1. The normalized spacial score (nSPS) is 11.8. The third kappa shape index (κ3) is 6.21. The molecule has 7 nitrogen and oxygen atoms in total.